The maximum atomic E-state index is 8.93. The number of rotatable bonds is 5. The van der Waals surface area contributed by atoms with Crippen LogP contribution in [0.4, 0.5) is 0 Å². The Kier molecular flexibility index (Phi) is 4.46. The Morgan fingerprint density at radius 1 is 1.05 bits per heavy atom. The lowest BCUT2D eigenvalue weighted by Gasteiger charge is -2.06. The third-order valence-electron chi connectivity index (χ3n) is 3.32. The Bertz CT molecular complexity index is 755. The highest BCUT2D eigenvalue weighted by atomic mass is 35.5. The van der Waals surface area contributed by atoms with Crippen molar-refractivity contribution in [1.29, 1.82) is 0 Å². The van der Waals surface area contributed by atoms with Gasteiger partial charge in [-0.25, -0.2) is 0 Å². The minimum atomic E-state index is -0.0117. The minimum Gasteiger partial charge on any atom is -0.394 e. The van der Waals surface area contributed by atoms with Crippen molar-refractivity contribution in [1.82, 2.24) is 20.2 Å². The summed E-state index contributed by atoms with van der Waals surface area (Å²) in [5, 5.41) is 22.0. The molecule has 22 heavy (non-hydrogen) atoms. The molecule has 6 heteroatoms. The summed E-state index contributed by atoms with van der Waals surface area (Å²) >= 11 is 5.92. The summed E-state index contributed by atoms with van der Waals surface area (Å²) in [6.45, 7) is 0.328. The molecule has 0 aliphatic carbocycles. The highest BCUT2D eigenvalue weighted by Crippen LogP contribution is 2.22. The second kappa shape index (κ2) is 6.68. The molecule has 5 nitrogen and oxygen atoms in total. The molecule has 1 aromatic heterocycles. The molecule has 0 atom stereocenters. The smallest absolute Gasteiger partial charge is 0.205 e. The molecule has 1 N–H and O–H groups in total. The lowest BCUT2D eigenvalue weighted by molar-refractivity contribution is 0.259. The van der Waals surface area contributed by atoms with Crippen molar-refractivity contribution >= 4 is 11.6 Å². The zero-order valence-electron chi connectivity index (χ0n) is 11.9. The van der Waals surface area contributed by atoms with Gasteiger partial charge >= 0.3 is 0 Å². The molecule has 0 saturated carbocycles. The van der Waals surface area contributed by atoms with Crippen LogP contribution in [0, 0.1) is 0 Å². The molecule has 0 spiro atoms. The van der Waals surface area contributed by atoms with E-state index in [2.05, 4.69) is 21.5 Å². The van der Waals surface area contributed by atoms with Crippen LogP contribution >= 0.6 is 11.6 Å². The van der Waals surface area contributed by atoms with Gasteiger partial charge in [0.25, 0.3) is 0 Å². The van der Waals surface area contributed by atoms with E-state index in [9.17, 15) is 0 Å². The van der Waals surface area contributed by atoms with Gasteiger partial charge in [0.05, 0.1) is 13.2 Å². The predicted molar refractivity (Wildman–Crippen MR) is 84.6 cm³/mol. The Labute approximate surface area is 133 Å². The fraction of sp³-hybridized carbons (Fsp3) is 0.188. The lowest BCUT2D eigenvalue weighted by Crippen LogP contribution is -2.05. The molecule has 0 radical (unpaired) electrons. The molecule has 1 heterocycles. The average molecular weight is 315 g/mol. The molecule has 0 bridgehead atoms. The number of nitrogens with zero attached hydrogens (tertiary/aromatic N) is 4. The molecule has 2 aromatic carbocycles. The van der Waals surface area contributed by atoms with Gasteiger partial charge in [-0.2, -0.15) is 4.80 Å². The third kappa shape index (κ3) is 3.32. The van der Waals surface area contributed by atoms with Gasteiger partial charge in [-0.15, -0.1) is 10.2 Å². The van der Waals surface area contributed by atoms with Gasteiger partial charge in [-0.3, -0.25) is 0 Å². The van der Waals surface area contributed by atoms with Crippen LogP contribution < -0.4 is 0 Å². The molecule has 0 saturated heterocycles. The summed E-state index contributed by atoms with van der Waals surface area (Å²) in [5.74, 6) is 0.568. The summed E-state index contributed by atoms with van der Waals surface area (Å²) in [6.07, 6.45) is 0.766. The van der Waals surface area contributed by atoms with E-state index in [0.717, 1.165) is 22.6 Å². The number of hydrogen-bond acceptors (Lipinski definition) is 4. The monoisotopic (exact) mass is 314 g/mol. The molecule has 0 aliphatic heterocycles. The van der Waals surface area contributed by atoms with Gasteiger partial charge in [-0.05, 0) is 34.9 Å². The first-order valence-electron chi connectivity index (χ1n) is 6.97. The SMILES string of the molecule is OCCn1nnc(-c2ccccc2Cc2ccc(Cl)cc2)n1. The number of halogens is 1. The zero-order valence-corrected chi connectivity index (χ0v) is 12.6. The standard InChI is InChI=1S/C16H15ClN4O/c17-14-7-5-12(6-8-14)11-13-3-1-2-4-15(13)16-18-20-21(19-16)9-10-22/h1-8,22H,9-11H2. The van der Waals surface area contributed by atoms with Crippen LogP contribution in [0.1, 0.15) is 11.1 Å². The zero-order chi connectivity index (χ0) is 15.4. The number of aromatic nitrogens is 4. The quantitative estimate of drug-likeness (QED) is 0.786. The Hall–Kier alpha value is -2.24. The Morgan fingerprint density at radius 2 is 1.82 bits per heavy atom. The van der Waals surface area contributed by atoms with Gasteiger partial charge in [-0.1, -0.05) is 48.0 Å². The van der Waals surface area contributed by atoms with Crippen LogP contribution in [-0.2, 0) is 13.0 Å². The minimum absolute atomic E-state index is 0.0117. The van der Waals surface area contributed by atoms with Gasteiger partial charge in [0.2, 0.25) is 5.82 Å². The van der Waals surface area contributed by atoms with Crippen LogP contribution in [0.3, 0.4) is 0 Å². The fourth-order valence-corrected chi connectivity index (χ4v) is 2.38. The van der Waals surface area contributed by atoms with E-state index in [0.29, 0.717) is 12.4 Å². The van der Waals surface area contributed by atoms with E-state index in [4.69, 9.17) is 16.7 Å². The normalized spacial score (nSPS) is 10.8. The highest BCUT2D eigenvalue weighted by Gasteiger charge is 2.11. The Morgan fingerprint density at radius 3 is 2.59 bits per heavy atom. The summed E-state index contributed by atoms with van der Waals surface area (Å²) in [5.41, 5.74) is 3.23. The van der Waals surface area contributed by atoms with Crippen molar-refractivity contribution in [3.05, 3.63) is 64.7 Å². The maximum Gasteiger partial charge on any atom is 0.205 e. The fourth-order valence-electron chi connectivity index (χ4n) is 2.25. The second-order valence-corrected chi connectivity index (χ2v) is 5.33. The first kappa shape index (κ1) is 14.7. The highest BCUT2D eigenvalue weighted by molar-refractivity contribution is 6.30. The number of aliphatic hydroxyl groups excluding tert-OH is 1. The predicted octanol–water partition coefficient (Wildman–Crippen LogP) is 2.58. The molecule has 0 fully saturated rings. The number of tetrazole rings is 1. The molecule has 0 amide bonds. The van der Waals surface area contributed by atoms with Crippen molar-refractivity contribution in [2.75, 3.05) is 6.61 Å². The van der Waals surface area contributed by atoms with E-state index in [1.165, 1.54) is 10.4 Å². The van der Waals surface area contributed by atoms with E-state index < -0.39 is 0 Å². The van der Waals surface area contributed by atoms with Gasteiger partial charge < -0.3 is 5.11 Å². The van der Waals surface area contributed by atoms with Crippen LogP contribution in [0.2, 0.25) is 5.02 Å². The number of aliphatic hydroxyl groups is 1. The van der Waals surface area contributed by atoms with Crippen molar-refractivity contribution in [2.45, 2.75) is 13.0 Å². The molecule has 3 rings (SSSR count). The van der Waals surface area contributed by atoms with Gasteiger partial charge in [0, 0.05) is 10.6 Å². The van der Waals surface area contributed by atoms with Gasteiger partial charge in [0.15, 0.2) is 0 Å². The van der Waals surface area contributed by atoms with Crippen molar-refractivity contribution in [3.63, 3.8) is 0 Å². The molecule has 0 unspecified atom stereocenters. The van der Waals surface area contributed by atoms with Crippen molar-refractivity contribution in [2.24, 2.45) is 0 Å². The average Bonchev–Trinajstić information content (AvgIpc) is 2.99. The summed E-state index contributed by atoms with van der Waals surface area (Å²) in [7, 11) is 0. The summed E-state index contributed by atoms with van der Waals surface area (Å²) in [6, 6.07) is 15.8. The van der Waals surface area contributed by atoms with Gasteiger partial charge in [0.1, 0.15) is 0 Å². The number of hydrogen-bond donors (Lipinski definition) is 1. The van der Waals surface area contributed by atoms with Crippen molar-refractivity contribution in [3.8, 4) is 11.4 Å². The summed E-state index contributed by atoms with van der Waals surface area (Å²) in [4.78, 5) is 1.40. The van der Waals surface area contributed by atoms with E-state index in [1.54, 1.807) is 0 Å². The van der Waals surface area contributed by atoms with Crippen LogP contribution in [-0.4, -0.2) is 31.9 Å². The molecule has 3 aromatic rings. The van der Waals surface area contributed by atoms with E-state index in [-0.39, 0.29) is 6.61 Å². The Balaban J connectivity index is 1.90. The molecule has 0 aliphatic rings. The lowest BCUT2D eigenvalue weighted by atomic mass is 9.99. The van der Waals surface area contributed by atoms with E-state index in [1.807, 2.05) is 42.5 Å². The van der Waals surface area contributed by atoms with Crippen LogP contribution in [0.5, 0.6) is 0 Å². The largest absolute Gasteiger partial charge is 0.394 e. The first-order valence-corrected chi connectivity index (χ1v) is 7.35. The van der Waals surface area contributed by atoms with Crippen LogP contribution in [0.15, 0.2) is 48.5 Å². The maximum absolute atomic E-state index is 8.93. The number of benzene rings is 2. The van der Waals surface area contributed by atoms with E-state index >= 15 is 0 Å². The molecular weight excluding hydrogens is 300 g/mol. The third-order valence-corrected chi connectivity index (χ3v) is 3.57. The van der Waals surface area contributed by atoms with Crippen LogP contribution in [0.25, 0.3) is 11.4 Å². The van der Waals surface area contributed by atoms with Crippen molar-refractivity contribution < 1.29 is 5.11 Å². The topological polar surface area (TPSA) is 63.8 Å². The molecular formula is C16H15ClN4O. The second-order valence-electron chi connectivity index (χ2n) is 4.89. The molecule has 112 valence electrons. The first-order chi connectivity index (χ1) is 10.8. The summed E-state index contributed by atoms with van der Waals surface area (Å²) < 4.78 is 0.